The smallest absolute Gasteiger partial charge is 0.184 e. The summed E-state index contributed by atoms with van der Waals surface area (Å²) in [5.74, 6) is 0. The molecule has 0 saturated heterocycles. The summed E-state index contributed by atoms with van der Waals surface area (Å²) in [6, 6.07) is 0. The second-order valence-corrected chi connectivity index (χ2v) is 5.10. The molecule has 68 valence electrons. The largest absolute Gasteiger partial charge is 0.351 e. The lowest BCUT2D eigenvalue weighted by Crippen LogP contribution is -2.28. The predicted octanol–water partition coefficient (Wildman–Crippen LogP) is 2.63. The van der Waals surface area contributed by atoms with Crippen molar-refractivity contribution >= 4 is 16.5 Å². The van der Waals surface area contributed by atoms with Crippen molar-refractivity contribution in [2.75, 3.05) is 18.5 Å². The summed E-state index contributed by atoms with van der Waals surface area (Å²) >= 11 is 1.69. The third-order valence-corrected chi connectivity index (χ3v) is 2.34. The molecular weight excluding hydrogens is 168 g/mol. The van der Waals surface area contributed by atoms with Crippen LogP contribution in [0.25, 0.3) is 0 Å². The fourth-order valence-corrected chi connectivity index (χ4v) is 1.79. The number of hydrogen-bond acceptors (Lipinski definition) is 3. The summed E-state index contributed by atoms with van der Waals surface area (Å²) in [4.78, 5) is 6.44. The standard InChI is InChI=1S/C9H16N2S/c1-9(2,3)7-11(4)8-10-5-6-12-8/h5-6H,7H2,1-4H3. The van der Waals surface area contributed by atoms with E-state index < -0.39 is 0 Å². The first-order chi connectivity index (χ1) is 5.49. The van der Waals surface area contributed by atoms with E-state index in [0.29, 0.717) is 5.41 Å². The molecule has 1 aromatic heterocycles. The van der Waals surface area contributed by atoms with Gasteiger partial charge in [-0.3, -0.25) is 0 Å². The highest BCUT2D eigenvalue weighted by Crippen LogP contribution is 2.21. The van der Waals surface area contributed by atoms with Crippen molar-refractivity contribution in [3.63, 3.8) is 0 Å². The molecule has 1 aromatic rings. The van der Waals surface area contributed by atoms with Gasteiger partial charge in [-0.2, -0.15) is 0 Å². The van der Waals surface area contributed by atoms with Crippen molar-refractivity contribution in [3.05, 3.63) is 11.6 Å². The van der Waals surface area contributed by atoms with Crippen molar-refractivity contribution in [1.29, 1.82) is 0 Å². The van der Waals surface area contributed by atoms with E-state index in [4.69, 9.17) is 0 Å². The van der Waals surface area contributed by atoms with Gasteiger partial charge in [0.25, 0.3) is 0 Å². The second kappa shape index (κ2) is 3.44. The van der Waals surface area contributed by atoms with E-state index in [1.807, 2.05) is 11.6 Å². The Morgan fingerprint density at radius 1 is 1.50 bits per heavy atom. The fourth-order valence-electron chi connectivity index (χ4n) is 1.18. The first-order valence-electron chi connectivity index (χ1n) is 4.10. The summed E-state index contributed by atoms with van der Waals surface area (Å²) in [7, 11) is 2.09. The Hall–Kier alpha value is -0.570. The molecule has 0 unspecified atom stereocenters. The Morgan fingerprint density at radius 3 is 2.58 bits per heavy atom. The first kappa shape index (κ1) is 9.52. The van der Waals surface area contributed by atoms with E-state index in [2.05, 4.69) is 37.7 Å². The van der Waals surface area contributed by atoms with Crippen LogP contribution in [-0.4, -0.2) is 18.6 Å². The average molecular weight is 184 g/mol. The van der Waals surface area contributed by atoms with Crippen LogP contribution >= 0.6 is 11.3 Å². The van der Waals surface area contributed by atoms with Crippen LogP contribution < -0.4 is 4.90 Å². The molecule has 0 bridgehead atoms. The van der Waals surface area contributed by atoms with Crippen LogP contribution in [0, 0.1) is 5.41 Å². The van der Waals surface area contributed by atoms with Gasteiger partial charge in [0, 0.05) is 25.2 Å². The Kier molecular flexibility index (Phi) is 2.73. The lowest BCUT2D eigenvalue weighted by atomic mass is 9.96. The number of hydrogen-bond donors (Lipinski definition) is 0. The van der Waals surface area contributed by atoms with Crippen molar-refractivity contribution in [2.24, 2.45) is 5.41 Å². The third kappa shape index (κ3) is 2.81. The molecule has 0 N–H and O–H groups in total. The predicted molar refractivity (Wildman–Crippen MR) is 54.8 cm³/mol. The van der Waals surface area contributed by atoms with Gasteiger partial charge in [0.15, 0.2) is 5.13 Å². The van der Waals surface area contributed by atoms with E-state index in [9.17, 15) is 0 Å². The molecule has 0 aliphatic carbocycles. The quantitative estimate of drug-likeness (QED) is 0.702. The molecule has 0 radical (unpaired) electrons. The van der Waals surface area contributed by atoms with Gasteiger partial charge < -0.3 is 4.90 Å². The van der Waals surface area contributed by atoms with Gasteiger partial charge in [0.1, 0.15) is 0 Å². The lowest BCUT2D eigenvalue weighted by molar-refractivity contribution is 0.419. The second-order valence-electron chi connectivity index (χ2n) is 4.23. The first-order valence-corrected chi connectivity index (χ1v) is 4.98. The van der Waals surface area contributed by atoms with E-state index in [1.54, 1.807) is 11.3 Å². The SMILES string of the molecule is CN(CC(C)(C)C)c1nccs1. The summed E-state index contributed by atoms with van der Waals surface area (Å²) in [5, 5.41) is 3.11. The summed E-state index contributed by atoms with van der Waals surface area (Å²) in [5.41, 5.74) is 0.334. The zero-order valence-electron chi connectivity index (χ0n) is 8.16. The van der Waals surface area contributed by atoms with Crippen LogP contribution in [0.2, 0.25) is 0 Å². The van der Waals surface area contributed by atoms with E-state index in [1.165, 1.54) is 0 Å². The Bertz CT molecular complexity index is 223. The minimum absolute atomic E-state index is 0.334. The van der Waals surface area contributed by atoms with Crippen LogP contribution in [0.5, 0.6) is 0 Å². The molecule has 0 aliphatic rings. The monoisotopic (exact) mass is 184 g/mol. The molecule has 0 fully saturated rings. The molecule has 3 heteroatoms. The van der Waals surface area contributed by atoms with Crippen LogP contribution in [-0.2, 0) is 0 Å². The van der Waals surface area contributed by atoms with Crippen molar-refractivity contribution in [3.8, 4) is 0 Å². The fraction of sp³-hybridized carbons (Fsp3) is 0.667. The van der Waals surface area contributed by atoms with E-state index in [0.717, 1.165) is 11.7 Å². The van der Waals surface area contributed by atoms with Crippen molar-refractivity contribution in [2.45, 2.75) is 20.8 Å². The van der Waals surface area contributed by atoms with Gasteiger partial charge in [0.2, 0.25) is 0 Å². The summed E-state index contributed by atoms with van der Waals surface area (Å²) in [6.45, 7) is 7.74. The molecule has 0 spiro atoms. The van der Waals surface area contributed by atoms with E-state index in [-0.39, 0.29) is 0 Å². The number of anilines is 1. The van der Waals surface area contributed by atoms with Gasteiger partial charge in [-0.15, -0.1) is 11.3 Å². The maximum Gasteiger partial charge on any atom is 0.184 e. The van der Waals surface area contributed by atoms with Gasteiger partial charge in [-0.05, 0) is 5.41 Å². The third-order valence-electron chi connectivity index (χ3n) is 1.46. The highest BCUT2D eigenvalue weighted by atomic mass is 32.1. The molecule has 1 rings (SSSR count). The molecule has 0 aliphatic heterocycles. The van der Waals surface area contributed by atoms with Gasteiger partial charge in [0.05, 0.1) is 0 Å². The molecule has 2 nitrogen and oxygen atoms in total. The minimum atomic E-state index is 0.334. The maximum absolute atomic E-state index is 4.24. The Balaban J connectivity index is 2.56. The van der Waals surface area contributed by atoms with Gasteiger partial charge in [-0.25, -0.2) is 4.98 Å². The van der Waals surface area contributed by atoms with Crippen LogP contribution in [0.15, 0.2) is 11.6 Å². The average Bonchev–Trinajstić information content (AvgIpc) is 2.32. The topological polar surface area (TPSA) is 16.1 Å². The normalized spacial score (nSPS) is 11.7. The lowest BCUT2D eigenvalue weighted by Gasteiger charge is -2.25. The molecular formula is C9H16N2S. The Morgan fingerprint density at radius 2 is 2.17 bits per heavy atom. The summed E-state index contributed by atoms with van der Waals surface area (Å²) in [6.07, 6.45) is 1.85. The number of thiazole rings is 1. The van der Waals surface area contributed by atoms with Crippen molar-refractivity contribution in [1.82, 2.24) is 4.98 Å². The number of nitrogens with zero attached hydrogens (tertiary/aromatic N) is 2. The van der Waals surface area contributed by atoms with Crippen LogP contribution in [0.4, 0.5) is 5.13 Å². The highest BCUT2D eigenvalue weighted by Gasteiger charge is 2.14. The van der Waals surface area contributed by atoms with Gasteiger partial charge in [-0.1, -0.05) is 20.8 Å². The molecule has 0 atom stereocenters. The van der Waals surface area contributed by atoms with Crippen LogP contribution in [0.3, 0.4) is 0 Å². The Labute approximate surface area is 78.2 Å². The van der Waals surface area contributed by atoms with Crippen LogP contribution in [0.1, 0.15) is 20.8 Å². The maximum atomic E-state index is 4.24. The summed E-state index contributed by atoms with van der Waals surface area (Å²) < 4.78 is 0. The molecule has 0 amide bonds. The zero-order valence-corrected chi connectivity index (χ0v) is 8.98. The molecule has 12 heavy (non-hydrogen) atoms. The molecule has 0 saturated carbocycles. The molecule has 1 heterocycles. The minimum Gasteiger partial charge on any atom is -0.351 e. The highest BCUT2D eigenvalue weighted by molar-refractivity contribution is 7.13. The zero-order chi connectivity index (χ0) is 9.19. The van der Waals surface area contributed by atoms with Crippen molar-refractivity contribution < 1.29 is 0 Å². The molecule has 0 aromatic carbocycles. The van der Waals surface area contributed by atoms with E-state index >= 15 is 0 Å². The number of rotatable bonds is 2. The number of aromatic nitrogens is 1. The van der Waals surface area contributed by atoms with Gasteiger partial charge >= 0.3 is 0 Å².